The van der Waals surface area contributed by atoms with Crippen LogP contribution in [0.2, 0.25) is 0 Å². The van der Waals surface area contributed by atoms with Gasteiger partial charge >= 0.3 is 0 Å². The molecule has 0 amide bonds. The van der Waals surface area contributed by atoms with Crippen LogP contribution in [0.4, 0.5) is 0 Å². The summed E-state index contributed by atoms with van der Waals surface area (Å²) in [6.45, 7) is 5.45. The monoisotopic (exact) mass is 299 g/mol. The first-order chi connectivity index (χ1) is 8.19. The van der Waals surface area contributed by atoms with Gasteiger partial charge in [0.25, 0.3) is 0 Å². The van der Waals surface area contributed by atoms with Crippen molar-refractivity contribution in [3.63, 3.8) is 0 Å². The van der Waals surface area contributed by atoms with Crippen LogP contribution in [0.15, 0.2) is 10.7 Å². The van der Waals surface area contributed by atoms with E-state index in [0.717, 1.165) is 22.9 Å². The third kappa shape index (κ3) is 2.43. The summed E-state index contributed by atoms with van der Waals surface area (Å²) >= 11 is 3.64. The number of nitrogens with zero attached hydrogens (tertiary/aromatic N) is 2. The number of hydrogen-bond donors (Lipinski definition) is 1. The van der Waals surface area contributed by atoms with Gasteiger partial charge in [0.1, 0.15) is 0 Å². The van der Waals surface area contributed by atoms with Crippen LogP contribution >= 0.6 is 15.9 Å². The number of rotatable bonds is 4. The van der Waals surface area contributed by atoms with Gasteiger partial charge in [-0.05, 0) is 48.2 Å². The summed E-state index contributed by atoms with van der Waals surface area (Å²) in [5.41, 5.74) is 1.31. The Labute approximate surface area is 112 Å². The van der Waals surface area contributed by atoms with E-state index in [0.29, 0.717) is 6.04 Å². The summed E-state index contributed by atoms with van der Waals surface area (Å²) in [7, 11) is 2.06. The molecule has 96 valence electrons. The van der Waals surface area contributed by atoms with Gasteiger partial charge in [0.05, 0.1) is 22.4 Å². The minimum absolute atomic E-state index is 0.421. The number of aryl methyl sites for hydroxylation is 1. The van der Waals surface area contributed by atoms with Gasteiger partial charge < -0.3 is 5.32 Å². The molecule has 1 aromatic heterocycles. The van der Waals surface area contributed by atoms with E-state index >= 15 is 0 Å². The van der Waals surface area contributed by atoms with Crippen LogP contribution < -0.4 is 5.32 Å². The van der Waals surface area contributed by atoms with Gasteiger partial charge in [-0.25, -0.2) is 0 Å². The lowest BCUT2D eigenvalue weighted by Crippen LogP contribution is -2.29. The topological polar surface area (TPSA) is 29.9 Å². The van der Waals surface area contributed by atoms with Crippen LogP contribution in [0.3, 0.4) is 0 Å². The molecule has 1 heterocycles. The van der Waals surface area contributed by atoms with E-state index in [9.17, 15) is 0 Å². The van der Waals surface area contributed by atoms with Gasteiger partial charge in [0.15, 0.2) is 0 Å². The van der Waals surface area contributed by atoms with E-state index in [1.807, 2.05) is 6.20 Å². The maximum atomic E-state index is 4.43. The smallest absolute Gasteiger partial charge is 0.0698 e. The van der Waals surface area contributed by atoms with E-state index in [4.69, 9.17) is 0 Å². The molecule has 1 N–H and O–H groups in total. The van der Waals surface area contributed by atoms with Crippen molar-refractivity contribution in [2.75, 3.05) is 7.05 Å². The summed E-state index contributed by atoms with van der Waals surface area (Å²) in [5.74, 6) is 1.54. The highest BCUT2D eigenvalue weighted by Gasteiger charge is 2.33. The Bertz CT molecular complexity index is 375. The molecule has 3 nitrogen and oxygen atoms in total. The molecule has 2 rings (SSSR count). The molecule has 1 saturated carbocycles. The highest BCUT2D eigenvalue weighted by Crippen LogP contribution is 2.41. The second-order valence-corrected chi connectivity index (χ2v) is 5.89. The van der Waals surface area contributed by atoms with E-state index in [1.165, 1.54) is 25.0 Å². The molecule has 1 aliphatic carbocycles. The van der Waals surface area contributed by atoms with Crippen molar-refractivity contribution in [1.29, 1.82) is 0 Å². The highest BCUT2D eigenvalue weighted by atomic mass is 79.9. The van der Waals surface area contributed by atoms with Crippen LogP contribution in [0.5, 0.6) is 0 Å². The first kappa shape index (κ1) is 13.1. The second kappa shape index (κ2) is 5.53. The lowest BCUT2D eigenvalue weighted by molar-refractivity contribution is 0.300. The Morgan fingerprint density at radius 3 is 2.88 bits per heavy atom. The van der Waals surface area contributed by atoms with Crippen molar-refractivity contribution < 1.29 is 0 Å². The minimum atomic E-state index is 0.421. The zero-order valence-corrected chi connectivity index (χ0v) is 12.5. The Hall–Kier alpha value is -0.350. The molecule has 3 atom stereocenters. The minimum Gasteiger partial charge on any atom is -0.311 e. The highest BCUT2D eigenvalue weighted by molar-refractivity contribution is 9.10. The van der Waals surface area contributed by atoms with Gasteiger partial charge in [-0.1, -0.05) is 19.8 Å². The first-order valence-corrected chi connectivity index (χ1v) is 7.36. The van der Waals surface area contributed by atoms with E-state index in [1.54, 1.807) is 0 Å². The van der Waals surface area contributed by atoms with Crippen LogP contribution in [-0.2, 0) is 6.54 Å². The van der Waals surface area contributed by atoms with Gasteiger partial charge in [-0.2, -0.15) is 5.10 Å². The van der Waals surface area contributed by atoms with Crippen molar-refractivity contribution in [2.24, 2.45) is 11.8 Å². The van der Waals surface area contributed by atoms with E-state index in [-0.39, 0.29) is 0 Å². The van der Waals surface area contributed by atoms with Crippen LogP contribution in [0, 0.1) is 11.8 Å². The molecule has 0 radical (unpaired) electrons. The van der Waals surface area contributed by atoms with Gasteiger partial charge in [-0.3, -0.25) is 4.68 Å². The molecule has 0 aromatic carbocycles. The molecule has 3 unspecified atom stereocenters. The maximum Gasteiger partial charge on any atom is 0.0698 e. The summed E-state index contributed by atoms with van der Waals surface area (Å²) in [4.78, 5) is 0. The molecule has 0 spiro atoms. The zero-order chi connectivity index (χ0) is 12.4. The third-order valence-corrected chi connectivity index (χ3v) is 4.71. The fourth-order valence-corrected chi connectivity index (χ4v) is 3.70. The van der Waals surface area contributed by atoms with Crippen molar-refractivity contribution in [3.05, 3.63) is 16.4 Å². The number of nitrogens with one attached hydrogen (secondary N) is 1. The zero-order valence-electron chi connectivity index (χ0n) is 10.9. The summed E-state index contributed by atoms with van der Waals surface area (Å²) < 4.78 is 3.24. The van der Waals surface area contributed by atoms with Gasteiger partial charge in [0, 0.05) is 6.54 Å². The van der Waals surface area contributed by atoms with Crippen molar-refractivity contribution in [3.8, 4) is 0 Å². The van der Waals surface area contributed by atoms with Crippen molar-refractivity contribution in [2.45, 2.75) is 45.7 Å². The molecule has 4 heteroatoms. The molecule has 0 aliphatic heterocycles. The van der Waals surface area contributed by atoms with Crippen LogP contribution in [0.1, 0.15) is 44.8 Å². The average molecular weight is 300 g/mol. The SMILES string of the molecule is CCn1ncc(Br)c1C(NC)C1CCCC1C. The van der Waals surface area contributed by atoms with Crippen LogP contribution in [0.25, 0.3) is 0 Å². The number of hydrogen-bond acceptors (Lipinski definition) is 2. The van der Waals surface area contributed by atoms with Gasteiger partial charge in [0.2, 0.25) is 0 Å². The fourth-order valence-electron chi connectivity index (χ4n) is 3.16. The molecule has 0 bridgehead atoms. The van der Waals surface area contributed by atoms with Crippen molar-refractivity contribution >= 4 is 15.9 Å². The Kier molecular flexibility index (Phi) is 4.26. The standard InChI is InChI=1S/C13H22BrN3/c1-4-17-13(11(14)8-16-17)12(15-3)10-7-5-6-9(10)2/h8-10,12,15H,4-7H2,1-3H3. The molecular weight excluding hydrogens is 278 g/mol. The number of halogens is 1. The normalized spacial score (nSPS) is 26.4. The van der Waals surface area contributed by atoms with Gasteiger partial charge in [-0.15, -0.1) is 0 Å². The number of aromatic nitrogens is 2. The predicted molar refractivity (Wildman–Crippen MR) is 73.9 cm³/mol. The summed E-state index contributed by atoms with van der Waals surface area (Å²) in [6, 6.07) is 0.421. The van der Waals surface area contributed by atoms with E-state index < -0.39 is 0 Å². The predicted octanol–water partition coefficient (Wildman–Crippen LogP) is 3.36. The molecule has 1 fully saturated rings. The first-order valence-electron chi connectivity index (χ1n) is 6.57. The quantitative estimate of drug-likeness (QED) is 0.924. The maximum absolute atomic E-state index is 4.43. The fraction of sp³-hybridized carbons (Fsp3) is 0.769. The summed E-state index contributed by atoms with van der Waals surface area (Å²) in [5, 5.41) is 7.93. The average Bonchev–Trinajstić information content (AvgIpc) is 2.89. The molecule has 0 saturated heterocycles. The van der Waals surface area contributed by atoms with Crippen LogP contribution in [-0.4, -0.2) is 16.8 Å². The van der Waals surface area contributed by atoms with E-state index in [2.05, 4.69) is 51.9 Å². The summed E-state index contributed by atoms with van der Waals surface area (Å²) in [6.07, 6.45) is 5.97. The Balaban J connectivity index is 2.31. The molecule has 1 aliphatic rings. The molecular formula is C13H22BrN3. The Morgan fingerprint density at radius 1 is 1.59 bits per heavy atom. The second-order valence-electron chi connectivity index (χ2n) is 5.03. The lowest BCUT2D eigenvalue weighted by Gasteiger charge is -2.27. The molecule has 1 aromatic rings. The molecule has 17 heavy (non-hydrogen) atoms. The lowest BCUT2D eigenvalue weighted by atomic mass is 9.88. The largest absolute Gasteiger partial charge is 0.311 e. The Morgan fingerprint density at radius 2 is 2.35 bits per heavy atom. The van der Waals surface area contributed by atoms with Crippen molar-refractivity contribution in [1.82, 2.24) is 15.1 Å². The third-order valence-electron chi connectivity index (χ3n) is 4.09.